The molecule has 0 spiro atoms. The van der Waals surface area contributed by atoms with Gasteiger partial charge in [0.1, 0.15) is 5.75 Å². The van der Waals surface area contributed by atoms with Gasteiger partial charge < -0.3 is 15.4 Å². The molecule has 0 aliphatic carbocycles. The Balaban J connectivity index is 1.78. The number of benzene rings is 2. The van der Waals surface area contributed by atoms with E-state index in [0.717, 1.165) is 36.5 Å². The molecule has 0 radical (unpaired) electrons. The van der Waals surface area contributed by atoms with Gasteiger partial charge in [0.25, 0.3) is 5.91 Å². The molecule has 0 aromatic heterocycles. The number of rotatable bonds is 3. The van der Waals surface area contributed by atoms with Crippen molar-refractivity contribution in [3.63, 3.8) is 0 Å². The number of hydrogen-bond donors (Lipinski definition) is 2. The molecule has 1 amide bonds. The molecule has 108 valence electrons. The average Bonchev–Trinajstić information content (AvgIpc) is 2.54. The molecule has 1 aliphatic heterocycles. The molecule has 4 heteroatoms. The van der Waals surface area contributed by atoms with Gasteiger partial charge in [-0.1, -0.05) is 6.07 Å². The molecule has 0 atom stereocenters. The topological polar surface area (TPSA) is 50.4 Å². The van der Waals surface area contributed by atoms with Crippen LogP contribution in [-0.2, 0) is 6.42 Å². The average molecular weight is 282 g/mol. The van der Waals surface area contributed by atoms with Crippen molar-refractivity contribution >= 4 is 17.3 Å². The minimum absolute atomic E-state index is 0.100. The van der Waals surface area contributed by atoms with Crippen LogP contribution in [0, 0.1) is 0 Å². The van der Waals surface area contributed by atoms with E-state index in [2.05, 4.69) is 10.6 Å². The number of aryl methyl sites for hydroxylation is 1. The normalized spacial score (nSPS) is 13.0. The molecule has 2 N–H and O–H groups in total. The van der Waals surface area contributed by atoms with Crippen LogP contribution < -0.4 is 15.4 Å². The summed E-state index contributed by atoms with van der Waals surface area (Å²) >= 11 is 0. The molecular formula is C17H18N2O2. The summed E-state index contributed by atoms with van der Waals surface area (Å²) in [6.45, 7) is 1.00. The van der Waals surface area contributed by atoms with Crippen molar-refractivity contribution < 1.29 is 9.53 Å². The molecule has 21 heavy (non-hydrogen) atoms. The Hall–Kier alpha value is -2.49. The first-order chi connectivity index (χ1) is 10.3. The standard InChI is InChI=1S/C17H18N2O2/c1-21-15-6-2-5-14(11-15)19-17(20)13-7-8-16-12(10-13)4-3-9-18-16/h2,5-8,10-11,18H,3-4,9H2,1H3,(H,19,20). The Labute approximate surface area is 124 Å². The van der Waals surface area contributed by atoms with Crippen LogP contribution in [0.3, 0.4) is 0 Å². The van der Waals surface area contributed by atoms with E-state index in [1.807, 2.05) is 36.4 Å². The van der Waals surface area contributed by atoms with Gasteiger partial charge in [-0.2, -0.15) is 0 Å². The van der Waals surface area contributed by atoms with Gasteiger partial charge >= 0.3 is 0 Å². The van der Waals surface area contributed by atoms with E-state index in [1.54, 1.807) is 13.2 Å². The van der Waals surface area contributed by atoms with Gasteiger partial charge in [0.15, 0.2) is 0 Å². The Bertz CT molecular complexity index is 668. The third-order valence-electron chi connectivity index (χ3n) is 3.63. The van der Waals surface area contributed by atoms with Crippen molar-refractivity contribution in [2.75, 3.05) is 24.3 Å². The molecule has 0 bridgehead atoms. The minimum atomic E-state index is -0.100. The molecule has 1 aliphatic rings. The number of amides is 1. The van der Waals surface area contributed by atoms with Crippen LogP contribution in [0.5, 0.6) is 5.75 Å². The van der Waals surface area contributed by atoms with Crippen LogP contribution in [0.15, 0.2) is 42.5 Å². The third kappa shape index (κ3) is 2.99. The maximum absolute atomic E-state index is 12.3. The van der Waals surface area contributed by atoms with E-state index in [4.69, 9.17) is 4.74 Å². The van der Waals surface area contributed by atoms with E-state index in [0.29, 0.717) is 5.56 Å². The summed E-state index contributed by atoms with van der Waals surface area (Å²) in [6.07, 6.45) is 2.12. The van der Waals surface area contributed by atoms with Gasteiger partial charge in [-0.15, -0.1) is 0 Å². The minimum Gasteiger partial charge on any atom is -0.497 e. The summed E-state index contributed by atoms with van der Waals surface area (Å²) in [5.74, 6) is 0.624. The second kappa shape index (κ2) is 5.87. The maximum atomic E-state index is 12.3. The van der Waals surface area contributed by atoms with Crippen molar-refractivity contribution in [2.24, 2.45) is 0 Å². The fourth-order valence-corrected chi connectivity index (χ4v) is 2.52. The Morgan fingerprint density at radius 1 is 1.24 bits per heavy atom. The number of methoxy groups -OCH3 is 1. The Morgan fingerprint density at radius 3 is 3.00 bits per heavy atom. The van der Waals surface area contributed by atoms with Crippen molar-refractivity contribution in [1.82, 2.24) is 0 Å². The van der Waals surface area contributed by atoms with Crippen LogP contribution >= 0.6 is 0 Å². The van der Waals surface area contributed by atoms with Crippen LogP contribution in [0.1, 0.15) is 22.3 Å². The Kier molecular flexibility index (Phi) is 3.77. The number of carbonyl (C=O) groups excluding carboxylic acids is 1. The van der Waals surface area contributed by atoms with E-state index < -0.39 is 0 Å². The van der Waals surface area contributed by atoms with Gasteiger partial charge in [0.2, 0.25) is 0 Å². The summed E-state index contributed by atoms with van der Waals surface area (Å²) in [4.78, 5) is 12.3. The zero-order chi connectivity index (χ0) is 14.7. The van der Waals surface area contributed by atoms with Crippen LogP contribution in [0.2, 0.25) is 0 Å². The molecule has 0 saturated carbocycles. The quantitative estimate of drug-likeness (QED) is 0.908. The number of carbonyl (C=O) groups is 1. The number of anilines is 2. The highest BCUT2D eigenvalue weighted by Gasteiger charge is 2.12. The molecule has 3 rings (SSSR count). The molecular weight excluding hydrogens is 264 g/mol. The smallest absolute Gasteiger partial charge is 0.255 e. The van der Waals surface area contributed by atoms with Gasteiger partial charge in [0, 0.05) is 29.5 Å². The van der Waals surface area contributed by atoms with Crippen LogP contribution in [0.25, 0.3) is 0 Å². The lowest BCUT2D eigenvalue weighted by Gasteiger charge is -2.18. The third-order valence-corrected chi connectivity index (χ3v) is 3.63. The molecule has 0 fully saturated rings. The maximum Gasteiger partial charge on any atom is 0.255 e. The fourth-order valence-electron chi connectivity index (χ4n) is 2.52. The molecule has 1 heterocycles. The van der Waals surface area contributed by atoms with Crippen molar-refractivity contribution in [1.29, 1.82) is 0 Å². The SMILES string of the molecule is COc1cccc(NC(=O)c2ccc3c(c2)CCCN3)c1. The van der Waals surface area contributed by atoms with Crippen molar-refractivity contribution in [3.8, 4) is 5.75 Å². The molecule has 2 aromatic rings. The second-order valence-corrected chi connectivity index (χ2v) is 5.09. The second-order valence-electron chi connectivity index (χ2n) is 5.09. The van der Waals surface area contributed by atoms with Gasteiger partial charge in [-0.25, -0.2) is 0 Å². The first-order valence-corrected chi connectivity index (χ1v) is 7.08. The summed E-state index contributed by atoms with van der Waals surface area (Å²) < 4.78 is 5.16. The Morgan fingerprint density at radius 2 is 2.14 bits per heavy atom. The first kappa shape index (κ1) is 13.5. The number of nitrogens with one attached hydrogen (secondary N) is 2. The van der Waals surface area contributed by atoms with E-state index in [9.17, 15) is 4.79 Å². The monoisotopic (exact) mass is 282 g/mol. The van der Waals surface area contributed by atoms with Gasteiger partial charge in [-0.05, 0) is 48.7 Å². The highest BCUT2D eigenvalue weighted by atomic mass is 16.5. The lowest BCUT2D eigenvalue weighted by molar-refractivity contribution is 0.102. The highest BCUT2D eigenvalue weighted by Crippen LogP contribution is 2.24. The molecule has 2 aromatic carbocycles. The van der Waals surface area contributed by atoms with E-state index >= 15 is 0 Å². The zero-order valence-electron chi connectivity index (χ0n) is 12.0. The summed E-state index contributed by atoms with van der Waals surface area (Å²) in [5, 5.41) is 6.25. The molecule has 0 saturated heterocycles. The summed E-state index contributed by atoms with van der Waals surface area (Å²) in [6, 6.07) is 13.2. The summed E-state index contributed by atoms with van der Waals surface area (Å²) in [5.41, 5.74) is 3.76. The van der Waals surface area contributed by atoms with E-state index in [-0.39, 0.29) is 5.91 Å². The predicted octanol–water partition coefficient (Wildman–Crippen LogP) is 3.31. The van der Waals surface area contributed by atoms with Crippen molar-refractivity contribution in [2.45, 2.75) is 12.8 Å². The molecule has 4 nitrogen and oxygen atoms in total. The number of ether oxygens (including phenoxy) is 1. The fraction of sp³-hybridized carbons (Fsp3) is 0.235. The highest BCUT2D eigenvalue weighted by molar-refractivity contribution is 6.04. The van der Waals surface area contributed by atoms with Crippen molar-refractivity contribution in [3.05, 3.63) is 53.6 Å². The van der Waals surface area contributed by atoms with Gasteiger partial charge in [-0.3, -0.25) is 4.79 Å². The first-order valence-electron chi connectivity index (χ1n) is 7.08. The van der Waals surface area contributed by atoms with E-state index in [1.165, 1.54) is 5.56 Å². The number of fused-ring (bicyclic) bond motifs is 1. The zero-order valence-corrected chi connectivity index (χ0v) is 12.0. The van der Waals surface area contributed by atoms with Crippen LogP contribution in [0.4, 0.5) is 11.4 Å². The molecule has 0 unspecified atom stereocenters. The number of hydrogen-bond acceptors (Lipinski definition) is 3. The largest absolute Gasteiger partial charge is 0.497 e. The van der Waals surface area contributed by atoms with Gasteiger partial charge in [0.05, 0.1) is 7.11 Å². The summed E-state index contributed by atoms with van der Waals surface area (Å²) in [7, 11) is 1.61. The predicted molar refractivity (Wildman–Crippen MR) is 84.2 cm³/mol. The lowest BCUT2D eigenvalue weighted by Crippen LogP contribution is -2.15. The van der Waals surface area contributed by atoms with Crippen LogP contribution in [-0.4, -0.2) is 19.6 Å². The lowest BCUT2D eigenvalue weighted by atomic mass is 10.0.